The van der Waals surface area contributed by atoms with Crippen molar-refractivity contribution in [2.75, 3.05) is 25.4 Å². The smallest absolute Gasteiger partial charge is 0.407 e. The fraction of sp³-hybridized carbons (Fsp3) is 0.541. The number of carboxylic acid groups (broad SMARTS) is 1. The zero-order valence-corrected chi connectivity index (χ0v) is 29.2. The third-order valence-electron chi connectivity index (χ3n) is 9.66. The number of alkyl carbamates (subject to hydrolysis) is 1. The zero-order chi connectivity index (χ0) is 35.3. The highest BCUT2D eigenvalue weighted by atomic mass is 32.2. The Morgan fingerprint density at radius 3 is 2.10 bits per heavy atom. The molecule has 12 nitrogen and oxygen atoms in total. The van der Waals surface area contributed by atoms with Crippen LogP contribution in [0.15, 0.2) is 48.5 Å². The van der Waals surface area contributed by atoms with Gasteiger partial charge in [0.1, 0.15) is 12.6 Å². The molecule has 0 aromatic heterocycles. The maximum Gasteiger partial charge on any atom is 0.407 e. The molecule has 2 saturated heterocycles. The molecule has 5 rings (SSSR count). The highest BCUT2D eigenvalue weighted by molar-refractivity contribution is 8.00. The molecule has 4 unspecified atom stereocenters. The monoisotopic (exact) mass is 707 g/mol. The molecule has 2 aromatic rings. The molecule has 2 heterocycles. The van der Waals surface area contributed by atoms with Gasteiger partial charge in [0, 0.05) is 42.9 Å². The lowest BCUT2D eigenvalue weighted by Gasteiger charge is -2.17. The largest absolute Gasteiger partial charge is 0.480 e. The predicted molar refractivity (Wildman–Crippen MR) is 192 cm³/mol. The summed E-state index contributed by atoms with van der Waals surface area (Å²) in [6, 6.07) is 15.3. The van der Waals surface area contributed by atoms with Gasteiger partial charge in [-0.3, -0.25) is 9.59 Å². The Morgan fingerprint density at radius 1 is 0.820 bits per heavy atom. The van der Waals surface area contributed by atoms with Gasteiger partial charge in [0.2, 0.25) is 11.8 Å². The lowest BCUT2D eigenvalue weighted by atomic mass is 9.98. The minimum absolute atomic E-state index is 0.0501. The summed E-state index contributed by atoms with van der Waals surface area (Å²) in [6.07, 6.45) is 6.58. The molecule has 0 spiro atoms. The van der Waals surface area contributed by atoms with E-state index in [1.165, 1.54) is 0 Å². The summed E-state index contributed by atoms with van der Waals surface area (Å²) in [4.78, 5) is 60.2. The molecule has 0 saturated carbocycles. The Labute approximate surface area is 297 Å². The highest BCUT2D eigenvalue weighted by Gasteiger charge is 2.42. The Balaban J connectivity index is 0.854. The summed E-state index contributed by atoms with van der Waals surface area (Å²) < 4.78 is 5.50. The highest BCUT2D eigenvalue weighted by Crippen LogP contribution is 2.44. The fourth-order valence-electron chi connectivity index (χ4n) is 7.01. The average molecular weight is 708 g/mol. The van der Waals surface area contributed by atoms with Crippen molar-refractivity contribution < 1.29 is 33.8 Å². The second-order valence-electron chi connectivity index (χ2n) is 13.2. The van der Waals surface area contributed by atoms with Gasteiger partial charge in [-0.05, 0) is 67.2 Å². The molecule has 6 N–H and O–H groups in total. The first-order chi connectivity index (χ1) is 24.3. The molecule has 13 heteroatoms. The molecular formula is C37H49N5O7S. The quantitative estimate of drug-likeness (QED) is 0.0851. The van der Waals surface area contributed by atoms with Crippen molar-refractivity contribution in [1.29, 1.82) is 0 Å². The van der Waals surface area contributed by atoms with Gasteiger partial charge in [-0.2, -0.15) is 11.8 Å². The van der Waals surface area contributed by atoms with Gasteiger partial charge in [0.25, 0.3) is 0 Å². The number of nitrogens with one attached hydrogen (secondary N) is 5. The molecule has 1 aliphatic carbocycles. The number of hydrogen-bond acceptors (Lipinski definition) is 7. The third-order valence-corrected chi connectivity index (χ3v) is 11.2. The fourth-order valence-corrected chi connectivity index (χ4v) is 8.55. The van der Waals surface area contributed by atoms with Crippen molar-refractivity contribution in [2.45, 2.75) is 99.9 Å². The van der Waals surface area contributed by atoms with Crippen molar-refractivity contribution in [2.24, 2.45) is 0 Å². The average Bonchev–Trinajstić information content (AvgIpc) is 3.77. The van der Waals surface area contributed by atoms with Crippen LogP contribution in [0.1, 0.15) is 87.7 Å². The molecule has 270 valence electrons. The van der Waals surface area contributed by atoms with E-state index in [1.807, 2.05) is 60.3 Å². The van der Waals surface area contributed by atoms with Crippen LogP contribution in [0, 0.1) is 0 Å². The molecule has 3 aliphatic rings. The number of thioether (sulfide) groups is 1. The molecule has 0 radical (unpaired) electrons. The van der Waals surface area contributed by atoms with Gasteiger partial charge in [-0.1, -0.05) is 61.4 Å². The molecular weight excluding hydrogens is 659 g/mol. The van der Waals surface area contributed by atoms with Crippen LogP contribution in [0.3, 0.4) is 0 Å². The standard InChI is InChI=1S/C37H49N5O7S/c43-32(18-2-1-10-20-38-33(44)19-8-7-17-31-34-30(23-50-31)40-36(47)42-34)39-21-11-9-16-29(35(45)46)41-37(48)49-22-28-26-14-5-3-12-24(26)25-13-4-6-15-27(25)28/h3-6,12-15,28-31,34H,1-2,7-11,16-23H2,(H,38,44)(H,39,43)(H,41,48)(H,45,46)(H2,40,42,47). The van der Waals surface area contributed by atoms with Crippen LogP contribution in [0.2, 0.25) is 0 Å². The summed E-state index contributed by atoms with van der Waals surface area (Å²) in [5, 5.41) is 24.3. The van der Waals surface area contributed by atoms with E-state index in [1.54, 1.807) is 0 Å². The molecule has 2 aliphatic heterocycles. The van der Waals surface area contributed by atoms with Crippen LogP contribution in [-0.2, 0) is 19.1 Å². The molecule has 2 fully saturated rings. The normalized spacial score (nSPS) is 19.4. The SMILES string of the molecule is O=C(CCCCCNC(=O)CCCCC1SCC2NC(=O)NC21)NCCCCC(NC(=O)OCC1c2ccccc2-c2ccccc21)C(=O)O. The van der Waals surface area contributed by atoms with E-state index in [0.717, 1.165) is 66.5 Å². The number of rotatable bonds is 20. The summed E-state index contributed by atoms with van der Waals surface area (Å²) in [5.41, 5.74) is 4.39. The van der Waals surface area contributed by atoms with Gasteiger partial charge in [0.15, 0.2) is 0 Å². The summed E-state index contributed by atoms with van der Waals surface area (Å²) in [5.74, 6) is -0.304. The molecule has 2 aromatic carbocycles. The number of amides is 5. The first-order valence-corrected chi connectivity index (χ1v) is 18.9. The van der Waals surface area contributed by atoms with Gasteiger partial charge < -0.3 is 36.4 Å². The molecule has 50 heavy (non-hydrogen) atoms. The molecule has 0 bridgehead atoms. The first kappa shape index (κ1) is 37.0. The molecule has 5 amide bonds. The van der Waals surface area contributed by atoms with Crippen molar-refractivity contribution in [3.63, 3.8) is 0 Å². The lowest BCUT2D eigenvalue weighted by molar-refractivity contribution is -0.139. The first-order valence-electron chi connectivity index (χ1n) is 17.9. The van der Waals surface area contributed by atoms with Crippen LogP contribution in [0.25, 0.3) is 11.1 Å². The van der Waals surface area contributed by atoms with Crippen molar-refractivity contribution in [3.05, 3.63) is 59.7 Å². The number of ether oxygens (including phenoxy) is 1. The number of carboxylic acids is 1. The number of benzene rings is 2. The Bertz CT molecular complexity index is 1460. The van der Waals surface area contributed by atoms with Gasteiger partial charge in [-0.15, -0.1) is 0 Å². The summed E-state index contributed by atoms with van der Waals surface area (Å²) in [6.45, 7) is 1.13. The van der Waals surface area contributed by atoms with E-state index in [9.17, 15) is 29.1 Å². The number of carbonyl (C=O) groups is 5. The second kappa shape index (κ2) is 18.7. The van der Waals surface area contributed by atoms with Crippen molar-refractivity contribution in [1.82, 2.24) is 26.6 Å². The number of aliphatic carboxylic acids is 1. The van der Waals surface area contributed by atoms with E-state index < -0.39 is 18.1 Å². The van der Waals surface area contributed by atoms with E-state index in [2.05, 4.69) is 26.6 Å². The number of urea groups is 1. The zero-order valence-electron chi connectivity index (χ0n) is 28.4. The number of fused-ring (bicyclic) bond motifs is 4. The van der Waals surface area contributed by atoms with Crippen LogP contribution in [0.4, 0.5) is 9.59 Å². The van der Waals surface area contributed by atoms with Crippen molar-refractivity contribution in [3.8, 4) is 11.1 Å². The van der Waals surface area contributed by atoms with Crippen LogP contribution in [-0.4, -0.2) is 83.8 Å². The van der Waals surface area contributed by atoms with Crippen LogP contribution in [0.5, 0.6) is 0 Å². The Morgan fingerprint density at radius 2 is 1.44 bits per heavy atom. The van der Waals surface area contributed by atoms with E-state index in [0.29, 0.717) is 44.0 Å². The van der Waals surface area contributed by atoms with Crippen LogP contribution >= 0.6 is 11.8 Å². The maximum atomic E-state index is 12.6. The summed E-state index contributed by atoms with van der Waals surface area (Å²) in [7, 11) is 0. The van der Waals surface area contributed by atoms with Crippen molar-refractivity contribution >= 4 is 41.7 Å². The number of unbranched alkanes of at least 4 members (excludes halogenated alkanes) is 4. The van der Waals surface area contributed by atoms with Gasteiger partial charge in [-0.25, -0.2) is 14.4 Å². The third kappa shape index (κ3) is 10.4. The molecule has 4 atom stereocenters. The summed E-state index contributed by atoms with van der Waals surface area (Å²) >= 11 is 1.89. The number of hydrogen-bond donors (Lipinski definition) is 6. The predicted octanol–water partition coefficient (Wildman–Crippen LogP) is 4.67. The van der Waals surface area contributed by atoms with Gasteiger partial charge in [0.05, 0.1) is 12.1 Å². The van der Waals surface area contributed by atoms with E-state index in [-0.39, 0.29) is 48.9 Å². The number of carbonyl (C=O) groups excluding carboxylic acids is 4. The van der Waals surface area contributed by atoms with E-state index >= 15 is 0 Å². The van der Waals surface area contributed by atoms with E-state index in [4.69, 9.17) is 4.74 Å². The lowest BCUT2D eigenvalue weighted by Crippen LogP contribution is -2.41. The minimum Gasteiger partial charge on any atom is -0.480 e. The topological polar surface area (TPSA) is 175 Å². The Hall–Kier alpha value is -4.26. The minimum atomic E-state index is -1.13. The maximum absolute atomic E-state index is 12.6. The second-order valence-corrected chi connectivity index (χ2v) is 14.5. The van der Waals surface area contributed by atoms with Crippen LogP contribution < -0.4 is 26.6 Å². The Kier molecular flexibility index (Phi) is 13.8. The van der Waals surface area contributed by atoms with Gasteiger partial charge >= 0.3 is 18.1 Å².